The van der Waals surface area contributed by atoms with Gasteiger partial charge in [-0.05, 0) is 61.1 Å². The standard InChI is InChI=1S/C17H19ClN2OS/c1-13-4-3-5-15(12-13)19-17(22)20(2)10-11-21-16-8-6-14(18)7-9-16/h3-9,12H,10-11H2,1-2H3,(H,19,22). The van der Waals surface area contributed by atoms with Crippen molar-refractivity contribution in [2.24, 2.45) is 0 Å². The largest absolute Gasteiger partial charge is 0.492 e. The minimum Gasteiger partial charge on any atom is -0.492 e. The second-order valence-electron chi connectivity index (χ2n) is 5.02. The molecule has 1 N–H and O–H groups in total. The second-order valence-corrected chi connectivity index (χ2v) is 5.85. The number of anilines is 1. The summed E-state index contributed by atoms with van der Waals surface area (Å²) < 4.78 is 5.66. The molecule has 0 atom stereocenters. The smallest absolute Gasteiger partial charge is 0.173 e. The number of nitrogens with one attached hydrogen (secondary N) is 1. The molecule has 0 radical (unpaired) electrons. The number of hydrogen-bond donors (Lipinski definition) is 1. The fourth-order valence-electron chi connectivity index (χ4n) is 1.87. The van der Waals surface area contributed by atoms with Crippen LogP contribution in [-0.2, 0) is 0 Å². The molecule has 116 valence electrons. The van der Waals surface area contributed by atoms with Gasteiger partial charge in [0.25, 0.3) is 0 Å². The fraction of sp³-hybridized carbons (Fsp3) is 0.235. The van der Waals surface area contributed by atoms with Crippen molar-refractivity contribution in [2.45, 2.75) is 6.92 Å². The van der Waals surface area contributed by atoms with Crippen LogP contribution in [0.15, 0.2) is 48.5 Å². The predicted molar refractivity (Wildman–Crippen MR) is 97.0 cm³/mol. The summed E-state index contributed by atoms with van der Waals surface area (Å²) in [6.45, 7) is 3.30. The van der Waals surface area contributed by atoms with Crippen molar-refractivity contribution >= 4 is 34.6 Å². The molecule has 0 unspecified atom stereocenters. The molecule has 3 nitrogen and oxygen atoms in total. The topological polar surface area (TPSA) is 24.5 Å². The molecule has 0 aliphatic carbocycles. The first-order valence-corrected chi connectivity index (χ1v) is 7.80. The van der Waals surface area contributed by atoms with Gasteiger partial charge in [-0.1, -0.05) is 23.7 Å². The summed E-state index contributed by atoms with van der Waals surface area (Å²) in [6.07, 6.45) is 0. The number of aryl methyl sites for hydroxylation is 1. The van der Waals surface area contributed by atoms with Crippen LogP contribution >= 0.6 is 23.8 Å². The third-order valence-corrected chi connectivity index (χ3v) is 3.79. The van der Waals surface area contributed by atoms with Crippen LogP contribution in [0.1, 0.15) is 5.56 Å². The lowest BCUT2D eigenvalue weighted by atomic mass is 10.2. The van der Waals surface area contributed by atoms with Gasteiger partial charge >= 0.3 is 0 Å². The Bertz CT molecular complexity index is 631. The Morgan fingerprint density at radius 2 is 1.95 bits per heavy atom. The number of nitrogens with zero attached hydrogens (tertiary/aromatic N) is 1. The molecular formula is C17H19ClN2OS. The molecule has 2 rings (SSSR count). The number of halogens is 1. The fourth-order valence-corrected chi connectivity index (χ4v) is 2.21. The zero-order valence-electron chi connectivity index (χ0n) is 12.7. The molecule has 2 aromatic rings. The highest BCUT2D eigenvalue weighted by atomic mass is 35.5. The van der Waals surface area contributed by atoms with Gasteiger partial charge in [-0.3, -0.25) is 0 Å². The Balaban J connectivity index is 1.77. The first-order valence-electron chi connectivity index (χ1n) is 7.02. The molecule has 0 aliphatic heterocycles. The number of benzene rings is 2. The van der Waals surface area contributed by atoms with Gasteiger partial charge in [0, 0.05) is 17.8 Å². The van der Waals surface area contributed by atoms with Crippen LogP contribution in [0.25, 0.3) is 0 Å². The van der Waals surface area contributed by atoms with E-state index in [1.165, 1.54) is 5.56 Å². The van der Waals surface area contributed by atoms with Crippen LogP contribution in [0.5, 0.6) is 5.75 Å². The minimum absolute atomic E-state index is 0.549. The van der Waals surface area contributed by atoms with E-state index in [0.717, 1.165) is 11.4 Å². The maximum absolute atomic E-state index is 5.84. The van der Waals surface area contributed by atoms with Gasteiger partial charge in [0.15, 0.2) is 5.11 Å². The second kappa shape index (κ2) is 8.01. The van der Waals surface area contributed by atoms with Crippen LogP contribution < -0.4 is 10.1 Å². The molecule has 0 saturated carbocycles. The summed E-state index contributed by atoms with van der Waals surface area (Å²) in [4.78, 5) is 1.95. The van der Waals surface area contributed by atoms with Gasteiger partial charge in [0.1, 0.15) is 12.4 Å². The Kier molecular flexibility index (Phi) is 6.04. The van der Waals surface area contributed by atoms with Crippen molar-refractivity contribution in [3.8, 4) is 5.75 Å². The minimum atomic E-state index is 0.549. The lowest BCUT2D eigenvalue weighted by molar-refractivity contribution is 0.285. The highest BCUT2D eigenvalue weighted by Gasteiger charge is 2.05. The lowest BCUT2D eigenvalue weighted by Crippen LogP contribution is -2.34. The Hall–Kier alpha value is -1.78. The van der Waals surface area contributed by atoms with Crippen LogP contribution in [0.4, 0.5) is 5.69 Å². The van der Waals surface area contributed by atoms with Crippen molar-refractivity contribution in [3.63, 3.8) is 0 Å². The summed E-state index contributed by atoms with van der Waals surface area (Å²) in [5.41, 5.74) is 2.19. The van der Waals surface area contributed by atoms with Gasteiger partial charge in [0.2, 0.25) is 0 Å². The summed E-state index contributed by atoms with van der Waals surface area (Å²) in [7, 11) is 1.94. The molecule has 5 heteroatoms. The molecule has 2 aromatic carbocycles. The number of ether oxygens (including phenoxy) is 1. The first-order chi connectivity index (χ1) is 10.5. The van der Waals surface area contributed by atoms with E-state index < -0.39 is 0 Å². The van der Waals surface area contributed by atoms with Crippen molar-refractivity contribution in [3.05, 3.63) is 59.1 Å². The highest BCUT2D eigenvalue weighted by molar-refractivity contribution is 7.80. The summed E-state index contributed by atoms with van der Waals surface area (Å²) in [5.74, 6) is 0.801. The van der Waals surface area contributed by atoms with Crippen LogP contribution in [-0.4, -0.2) is 30.2 Å². The zero-order valence-corrected chi connectivity index (χ0v) is 14.2. The molecule has 0 bridgehead atoms. The van der Waals surface area contributed by atoms with Gasteiger partial charge < -0.3 is 15.0 Å². The van der Waals surface area contributed by atoms with Crippen LogP contribution in [0.3, 0.4) is 0 Å². The van der Waals surface area contributed by atoms with E-state index in [1.807, 2.05) is 48.3 Å². The van der Waals surface area contributed by atoms with E-state index >= 15 is 0 Å². The molecule has 0 amide bonds. The number of hydrogen-bond acceptors (Lipinski definition) is 2. The SMILES string of the molecule is Cc1cccc(NC(=S)N(C)CCOc2ccc(Cl)cc2)c1. The van der Waals surface area contributed by atoms with Gasteiger partial charge in [-0.25, -0.2) is 0 Å². The average molecular weight is 335 g/mol. The molecule has 0 heterocycles. The Morgan fingerprint density at radius 3 is 2.64 bits per heavy atom. The van der Waals surface area contributed by atoms with Gasteiger partial charge in [-0.15, -0.1) is 0 Å². The normalized spacial score (nSPS) is 10.1. The monoisotopic (exact) mass is 334 g/mol. The van der Waals surface area contributed by atoms with E-state index in [4.69, 9.17) is 28.6 Å². The van der Waals surface area contributed by atoms with Crippen molar-refractivity contribution in [1.29, 1.82) is 0 Å². The van der Waals surface area contributed by atoms with E-state index in [9.17, 15) is 0 Å². The molecule has 0 aromatic heterocycles. The maximum atomic E-state index is 5.84. The molecule has 22 heavy (non-hydrogen) atoms. The molecule has 0 fully saturated rings. The number of rotatable bonds is 5. The number of thiocarbonyl (C=S) groups is 1. The molecule has 0 spiro atoms. The van der Waals surface area contributed by atoms with Crippen molar-refractivity contribution in [2.75, 3.05) is 25.5 Å². The zero-order chi connectivity index (χ0) is 15.9. The van der Waals surface area contributed by atoms with Crippen molar-refractivity contribution < 1.29 is 4.74 Å². The van der Waals surface area contributed by atoms with Crippen LogP contribution in [0.2, 0.25) is 5.02 Å². The summed E-state index contributed by atoms with van der Waals surface area (Å²) in [6, 6.07) is 15.4. The number of likely N-dealkylation sites (N-methyl/N-ethyl adjacent to an activating group) is 1. The summed E-state index contributed by atoms with van der Waals surface area (Å²) in [5, 5.41) is 4.60. The van der Waals surface area contributed by atoms with Crippen molar-refractivity contribution in [1.82, 2.24) is 4.90 Å². The van der Waals surface area contributed by atoms with Crippen LogP contribution in [0, 0.1) is 6.92 Å². The molecule has 0 saturated heterocycles. The third-order valence-electron chi connectivity index (χ3n) is 3.13. The predicted octanol–water partition coefficient (Wildman–Crippen LogP) is 4.36. The highest BCUT2D eigenvalue weighted by Crippen LogP contribution is 2.15. The van der Waals surface area contributed by atoms with E-state index in [1.54, 1.807) is 0 Å². The average Bonchev–Trinajstić information content (AvgIpc) is 2.49. The summed E-state index contributed by atoms with van der Waals surface area (Å²) >= 11 is 11.2. The maximum Gasteiger partial charge on any atom is 0.173 e. The quantitative estimate of drug-likeness (QED) is 0.821. The Morgan fingerprint density at radius 1 is 1.23 bits per heavy atom. The Labute approximate surface area is 141 Å². The molecule has 0 aliphatic rings. The van der Waals surface area contributed by atoms with E-state index in [0.29, 0.717) is 23.3 Å². The van der Waals surface area contributed by atoms with E-state index in [-0.39, 0.29) is 0 Å². The third kappa shape index (κ3) is 5.20. The molecular weight excluding hydrogens is 316 g/mol. The van der Waals surface area contributed by atoms with Gasteiger partial charge in [-0.2, -0.15) is 0 Å². The lowest BCUT2D eigenvalue weighted by Gasteiger charge is -2.21. The van der Waals surface area contributed by atoms with Gasteiger partial charge in [0.05, 0.1) is 6.54 Å². The van der Waals surface area contributed by atoms with E-state index in [2.05, 4.69) is 24.4 Å². The first kappa shape index (κ1) is 16.6.